The minimum absolute atomic E-state index is 0.357. The third kappa shape index (κ3) is 2.82. The highest BCUT2D eigenvalue weighted by Crippen LogP contribution is 2.35. The Balaban J connectivity index is 1.95. The molecule has 1 aromatic carbocycles. The van der Waals surface area contributed by atoms with Gasteiger partial charge in [-0.3, -0.25) is 0 Å². The van der Waals surface area contributed by atoms with E-state index < -0.39 is 0 Å². The van der Waals surface area contributed by atoms with Gasteiger partial charge in [0.25, 0.3) is 0 Å². The summed E-state index contributed by atoms with van der Waals surface area (Å²) in [5.74, 6) is 0. The molecule has 20 heavy (non-hydrogen) atoms. The molecule has 0 aliphatic heterocycles. The first-order valence-electron chi connectivity index (χ1n) is 7.69. The summed E-state index contributed by atoms with van der Waals surface area (Å²) in [5, 5.41) is 3.66. The molecule has 1 aromatic heterocycles. The average molecular weight is 285 g/mol. The fourth-order valence-corrected chi connectivity index (χ4v) is 4.45. The van der Waals surface area contributed by atoms with Crippen molar-refractivity contribution < 1.29 is 0 Å². The van der Waals surface area contributed by atoms with E-state index in [1.54, 1.807) is 10.4 Å². The summed E-state index contributed by atoms with van der Waals surface area (Å²) in [6.45, 7) is 5.36. The van der Waals surface area contributed by atoms with Gasteiger partial charge in [0, 0.05) is 9.75 Å². The van der Waals surface area contributed by atoms with Gasteiger partial charge in [-0.15, -0.1) is 11.3 Å². The van der Waals surface area contributed by atoms with Gasteiger partial charge >= 0.3 is 0 Å². The second-order valence-electron chi connectivity index (χ2n) is 5.71. The Morgan fingerprint density at radius 2 is 2.05 bits per heavy atom. The van der Waals surface area contributed by atoms with Crippen molar-refractivity contribution in [2.24, 2.45) is 0 Å². The number of hydrogen-bond acceptors (Lipinski definition) is 2. The Bertz CT molecular complexity index is 561. The van der Waals surface area contributed by atoms with Gasteiger partial charge in [-0.1, -0.05) is 36.8 Å². The first-order valence-corrected chi connectivity index (χ1v) is 8.51. The van der Waals surface area contributed by atoms with Crippen molar-refractivity contribution >= 4 is 11.3 Å². The summed E-state index contributed by atoms with van der Waals surface area (Å²) in [6.07, 6.45) is 5.29. The molecule has 0 spiro atoms. The molecule has 0 amide bonds. The van der Waals surface area contributed by atoms with Crippen molar-refractivity contribution in [3.8, 4) is 0 Å². The predicted octanol–water partition coefficient (Wildman–Crippen LogP) is 4.63. The maximum atomic E-state index is 3.66. The van der Waals surface area contributed by atoms with Crippen LogP contribution in [0, 0.1) is 6.92 Å². The van der Waals surface area contributed by atoms with Crippen molar-refractivity contribution in [3.63, 3.8) is 0 Å². The molecule has 1 N–H and O–H groups in total. The number of benzene rings is 1. The van der Waals surface area contributed by atoms with Crippen LogP contribution in [0.25, 0.3) is 0 Å². The van der Waals surface area contributed by atoms with Crippen LogP contribution in [0.1, 0.15) is 52.3 Å². The van der Waals surface area contributed by atoms with Crippen molar-refractivity contribution in [1.82, 2.24) is 5.32 Å². The highest BCUT2D eigenvalue weighted by molar-refractivity contribution is 7.12. The van der Waals surface area contributed by atoms with Crippen LogP contribution in [0.4, 0.5) is 0 Å². The van der Waals surface area contributed by atoms with Crippen molar-refractivity contribution in [1.29, 1.82) is 0 Å². The van der Waals surface area contributed by atoms with Gasteiger partial charge in [0.1, 0.15) is 0 Å². The molecule has 1 unspecified atom stereocenters. The fraction of sp³-hybridized carbons (Fsp3) is 0.444. The standard InChI is InChI=1S/C18H23NS/c1-3-19-18(15-9-6-7-13(2)11-15)17-12-14-8-4-5-10-16(14)20-17/h6-7,9,11-12,18-19H,3-5,8,10H2,1-2H3. The van der Waals surface area contributed by atoms with E-state index >= 15 is 0 Å². The van der Waals surface area contributed by atoms with Crippen LogP contribution in [0.3, 0.4) is 0 Å². The van der Waals surface area contributed by atoms with Gasteiger partial charge in [0.05, 0.1) is 6.04 Å². The minimum Gasteiger partial charge on any atom is -0.306 e. The number of rotatable bonds is 4. The van der Waals surface area contributed by atoms with Crippen molar-refractivity contribution in [3.05, 3.63) is 56.8 Å². The van der Waals surface area contributed by atoms with E-state index in [4.69, 9.17) is 0 Å². The van der Waals surface area contributed by atoms with Gasteiger partial charge in [0.15, 0.2) is 0 Å². The number of nitrogens with one attached hydrogen (secondary N) is 1. The first-order chi connectivity index (χ1) is 9.78. The van der Waals surface area contributed by atoms with E-state index in [2.05, 4.69) is 49.5 Å². The molecule has 1 aliphatic carbocycles. The molecule has 106 valence electrons. The Kier molecular flexibility index (Phi) is 4.23. The zero-order chi connectivity index (χ0) is 13.9. The predicted molar refractivity (Wildman–Crippen MR) is 87.7 cm³/mol. The maximum Gasteiger partial charge on any atom is 0.0671 e. The Morgan fingerprint density at radius 1 is 1.20 bits per heavy atom. The quantitative estimate of drug-likeness (QED) is 0.863. The van der Waals surface area contributed by atoms with Gasteiger partial charge in [-0.05, 0) is 56.3 Å². The molecular formula is C18H23NS. The zero-order valence-corrected chi connectivity index (χ0v) is 13.2. The van der Waals surface area contributed by atoms with Crippen LogP contribution in [0.5, 0.6) is 0 Å². The molecule has 0 saturated heterocycles. The fourth-order valence-electron chi connectivity index (χ4n) is 3.09. The van der Waals surface area contributed by atoms with Crippen LogP contribution in [0.2, 0.25) is 0 Å². The van der Waals surface area contributed by atoms with Gasteiger partial charge in [-0.25, -0.2) is 0 Å². The third-order valence-electron chi connectivity index (χ3n) is 4.08. The second-order valence-corrected chi connectivity index (χ2v) is 6.88. The Hall–Kier alpha value is -1.12. The van der Waals surface area contributed by atoms with E-state index in [9.17, 15) is 0 Å². The van der Waals surface area contributed by atoms with Gasteiger partial charge < -0.3 is 5.32 Å². The lowest BCUT2D eigenvalue weighted by molar-refractivity contribution is 0.638. The van der Waals surface area contributed by atoms with Crippen LogP contribution in [0.15, 0.2) is 30.3 Å². The molecular weight excluding hydrogens is 262 g/mol. The van der Waals surface area contributed by atoms with E-state index in [1.807, 2.05) is 11.3 Å². The van der Waals surface area contributed by atoms with Crippen LogP contribution in [-0.2, 0) is 12.8 Å². The van der Waals surface area contributed by atoms with Crippen LogP contribution >= 0.6 is 11.3 Å². The number of fused-ring (bicyclic) bond motifs is 1. The highest BCUT2D eigenvalue weighted by Gasteiger charge is 2.20. The summed E-state index contributed by atoms with van der Waals surface area (Å²) in [4.78, 5) is 3.12. The lowest BCUT2D eigenvalue weighted by Gasteiger charge is -2.17. The largest absolute Gasteiger partial charge is 0.306 e. The Labute approximate surface area is 126 Å². The number of hydrogen-bond donors (Lipinski definition) is 1. The van der Waals surface area contributed by atoms with E-state index in [1.165, 1.54) is 41.7 Å². The number of aryl methyl sites for hydroxylation is 3. The molecule has 0 fully saturated rings. The molecule has 0 radical (unpaired) electrons. The maximum absolute atomic E-state index is 3.66. The monoisotopic (exact) mass is 285 g/mol. The van der Waals surface area contributed by atoms with E-state index in [-0.39, 0.29) is 0 Å². The average Bonchev–Trinajstić information content (AvgIpc) is 2.88. The molecule has 1 heterocycles. The molecule has 3 rings (SSSR count). The number of thiophene rings is 1. The lowest BCUT2D eigenvalue weighted by atomic mass is 9.97. The van der Waals surface area contributed by atoms with Crippen molar-refractivity contribution in [2.45, 2.75) is 45.6 Å². The van der Waals surface area contributed by atoms with Gasteiger partial charge in [-0.2, -0.15) is 0 Å². The minimum atomic E-state index is 0.357. The summed E-state index contributed by atoms with van der Waals surface area (Å²) >= 11 is 2.02. The molecule has 2 heteroatoms. The van der Waals surface area contributed by atoms with Crippen molar-refractivity contribution in [2.75, 3.05) is 6.54 Å². The smallest absolute Gasteiger partial charge is 0.0671 e. The normalized spacial score (nSPS) is 15.9. The summed E-state index contributed by atoms with van der Waals surface area (Å²) in [6, 6.07) is 11.7. The Morgan fingerprint density at radius 3 is 2.80 bits per heavy atom. The molecule has 1 nitrogen and oxygen atoms in total. The summed E-state index contributed by atoms with van der Waals surface area (Å²) in [5.41, 5.74) is 4.34. The summed E-state index contributed by atoms with van der Waals surface area (Å²) < 4.78 is 0. The van der Waals surface area contributed by atoms with E-state index in [0.717, 1.165) is 6.54 Å². The zero-order valence-electron chi connectivity index (χ0n) is 12.4. The third-order valence-corrected chi connectivity index (χ3v) is 5.39. The van der Waals surface area contributed by atoms with Crippen LogP contribution in [-0.4, -0.2) is 6.54 Å². The summed E-state index contributed by atoms with van der Waals surface area (Å²) in [7, 11) is 0. The van der Waals surface area contributed by atoms with E-state index in [0.29, 0.717) is 6.04 Å². The van der Waals surface area contributed by atoms with Gasteiger partial charge in [0.2, 0.25) is 0 Å². The topological polar surface area (TPSA) is 12.0 Å². The lowest BCUT2D eigenvalue weighted by Crippen LogP contribution is -2.21. The molecule has 2 aromatic rings. The second kappa shape index (κ2) is 6.11. The molecule has 0 saturated carbocycles. The highest BCUT2D eigenvalue weighted by atomic mass is 32.1. The van der Waals surface area contributed by atoms with Crippen LogP contribution < -0.4 is 5.32 Å². The molecule has 1 aliphatic rings. The molecule has 1 atom stereocenters. The SMILES string of the molecule is CCNC(c1cccc(C)c1)c1cc2c(s1)CCCC2. The molecule has 0 bridgehead atoms. The first kappa shape index (κ1) is 13.8.